The molecule has 3 heteroatoms. The summed E-state index contributed by atoms with van der Waals surface area (Å²) >= 11 is 0. The second-order valence-electron chi connectivity index (χ2n) is 3.73. The van der Waals surface area contributed by atoms with Crippen molar-refractivity contribution < 1.29 is 9.18 Å². The van der Waals surface area contributed by atoms with E-state index in [-0.39, 0.29) is 18.3 Å². The monoisotopic (exact) mass is 221 g/mol. The molecular weight excluding hydrogens is 205 g/mol. The van der Waals surface area contributed by atoms with E-state index in [1.807, 2.05) is 13.8 Å². The summed E-state index contributed by atoms with van der Waals surface area (Å²) in [5, 5.41) is 2.64. The van der Waals surface area contributed by atoms with Crippen LogP contribution in [0, 0.1) is 12.7 Å². The molecule has 0 radical (unpaired) electrons. The fourth-order valence-corrected chi connectivity index (χ4v) is 1.30. The van der Waals surface area contributed by atoms with E-state index in [4.69, 9.17) is 0 Å². The molecule has 1 aromatic rings. The molecule has 0 aliphatic carbocycles. The summed E-state index contributed by atoms with van der Waals surface area (Å²) in [4.78, 5) is 11.4. The topological polar surface area (TPSA) is 29.1 Å². The largest absolute Gasteiger partial charge is 0.348 e. The first-order chi connectivity index (χ1) is 7.54. The summed E-state index contributed by atoms with van der Waals surface area (Å²) in [6.07, 6.45) is 0.599. The molecule has 0 fully saturated rings. The molecule has 1 rings (SSSR count). The summed E-state index contributed by atoms with van der Waals surface area (Å²) in [6.45, 7) is 7.56. The van der Waals surface area contributed by atoms with E-state index in [1.165, 1.54) is 6.07 Å². The smallest absolute Gasteiger partial charge is 0.246 e. The highest BCUT2D eigenvalue weighted by atomic mass is 19.1. The normalized spacial score (nSPS) is 9.94. The molecule has 0 aliphatic heterocycles. The van der Waals surface area contributed by atoms with Gasteiger partial charge in [-0.15, -0.1) is 0 Å². The molecule has 0 unspecified atom stereocenters. The summed E-state index contributed by atoms with van der Waals surface area (Å²) in [6, 6.07) is 4.83. The van der Waals surface area contributed by atoms with Gasteiger partial charge < -0.3 is 5.32 Å². The van der Waals surface area contributed by atoms with Gasteiger partial charge in [-0.1, -0.05) is 31.2 Å². The number of hydrogen-bond donors (Lipinski definition) is 1. The third-order valence-electron chi connectivity index (χ3n) is 2.39. The van der Waals surface area contributed by atoms with Crippen molar-refractivity contribution in [2.75, 3.05) is 0 Å². The first kappa shape index (κ1) is 12.4. The number of halogens is 1. The van der Waals surface area contributed by atoms with Crippen molar-refractivity contribution in [2.24, 2.45) is 0 Å². The van der Waals surface area contributed by atoms with Crippen LogP contribution in [-0.2, 0) is 11.3 Å². The van der Waals surface area contributed by atoms with Crippen molar-refractivity contribution in [3.63, 3.8) is 0 Å². The Kier molecular flexibility index (Phi) is 4.23. The minimum absolute atomic E-state index is 0.200. The van der Waals surface area contributed by atoms with Crippen molar-refractivity contribution in [2.45, 2.75) is 26.8 Å². The highest BCUT2D eigenvalue weighted by Gasteiger charge is 2.06. The number of rotatable bonds is 4. The quantitative estimate of drug-likeness (QED) is 0.778. The fraction of sp³-hybridized carbons (Fsp3) is 0.308. The molecule has 1 amide bonds. The van der Waals surface area contributed by atoms with Crippen LogP contribution in [0.1, 0.15) is 24.5 Å². The molecule has 86 valence electrons. The van der Waals surface area contributed by atoms with Crippen LogP contribution >= 0.6 is 0 Å². The molecule has 0 atom stereocenters. The molecule has 0 saturated carbocycles. The Labute approximate surface area is 95.2 Å². The summed E-state index contributed by atoms with van der Waals surface area (Å²) in [7, 11) is 0. The average Bonchev–Trinajstić information content (AvgIpc) is 2.28. The van der Waals surface area contributed by atoms with Crippen LogP contribution in [0.15, 0.2) is 30.4 Å². The SMILES string of the molecule is C=C(CC)C(=O)NCc1cc(C)ccc1F. The van der Waals surface area contributed by atoms with Crippen LogP contribution in [0.4, 0.5) is 4.39 Å². The number of carbonyl (C=O) groups is 1. The molecule has 0 aromatic heterocycles. The van der Waals surface area contributed by atoms with Gasteiger partial charge in [0, 0.05) is 17.7 Å². The standard InChI is InChI=1S/C13H16FNO/c1-4-10(3)13(16)15-8-11-7-9(2)5-6-12(11)14/h5-7H,3-4,8H2,1-2H3,(H,15,16). The second kappa shape index (κ2) is 5.45. The van der Waals surface area contributed by atoms with Gasteiger partial charge in [-0.25, -0.2) is 4.39 Å². The van der Waals surface area contributed by atoms with Gasteiger partial charge in [-0.2, -0.15) is 0 Å². The van der Waals surface area contributed by atoms with Gasteiger partial charge >= 0.3 is 0 Å². The molecule has 0 spiro atoms. The van der Waals surface area contributed by atoms with E-state index >= 15 is 0 Å². The molecular formula is C13H16FNO. The van der Waals surface area contributed by atoms with Gasteiger partial charge in [-0.05, 0) is 19.4 Å². The first-order valence-corrected chi connectivity index (χ1v) is 5.25. The van der Waals surface area contributed by atoms with E-state index in [0.717, 1.165) is 5.56 Å². The molecule has 0 heterocycles. The second-order valence-corrected chi connectivity index (χ2v) is 3.73. The Bertz CT molecular complexity index is 412. The van der Waals surface area contributed by atoms with E-state index in [1.54, 1.807) is 12.1 Å². The van der Waals surface area contributed by atoms with Gasteiger partial charge in [0.15, 0.2) is 0 Å². The highest BCUT2D eigenvalue weighted by molar-refractivity contribution is 5.92. The zero-order valence-corrected chi connectivity index (χ0v) is 9.64. The van der Waals surface area contributed by atoms with E-state index in [9.17, 15) is 9.18 Å². The van der Waals surface area contributed by atoms with Crippen LogP contribution < -0.4 is 5.32 Å². The molecule has 16 heavy (non-hydrogen) atoms. The van der Waals surface area contributed by atoms with Crippen molar-refractivity contribution in [1.29, 1.82) is 0 Å². The first-order valence-electron chi connectivity index (χ1n) is 5.25. The summed E-state index contributed by atoms with van der Waals surface area (Å²) in [5.74, 6) is -0.517. The number of carbonyl (C=O) groups excluding carboxylic acids is 1. The van der Waals surface area contributed by atoms with Crippen LogP contribution in [-0.4, -0.2) is 5.91 Å². The minimum Gasteiger partial charge on any atom is -0.348 e. The Morgan fingerprint density at radius 1 is 1.50 bits per heavy atom. The lowest BCUT2D eigenvalue weighted by Crippen LogP contribution is -2.24. The number of nitrogens with one attached hydrogen (secondary N) is 1. The lowest BCUT2D eigenvalue weighted by Gasteiger charge is -2.07. The maximum Gasteiger partial charge on any atom is 0.246 e. The molecule has 2 nitrogen and oxygen atoms in total. The van der Waals surface area contributed by atoms with Crippen LogP contribution in [0.25, 0.3) is 0 Å². The van der Waals surface area contributed by atoms with Gasteiger partial charge in [-0.3, -0.25) is 4.79 Å². The van der Waals surface area contributed by atoms with E-state index in [0.29, 0.717) is 17.6 Å². The van der Waals surface area contributed by atoms with E-state index < -0.39 is 0 Å². The zero-order chi connectivity index (χ0) is 12.1. The maximum atomic E-state index is 13.3. The Hall–Kier alpha value is -1.64. The molecule has 1 N–H and O–H groups in total. The third-order valence-corrected chi connectivity index (χ3v) is 2.39. The predicted molar refractivity (Wildman–Crippen MR) is 62.4 cm³/mol. The molecule has 0 aliphatic rings. The lowest BCUT2D eigenvalue weighted by molar-refractivity contribution is -0.117. The molecule has 0 saturated heterocycles. The number of aryl methyl sites for hydroxylation is 1. The summed E-state index contributed by atoms with van der Waals surface area (Å²) < 4.78 is 13.3. The fourth-order valence-electron chi connectivity index (χ4n) is 1.30. The Balaban J connectivity index is 2.64. The highest BCUT2D eigenvalue weighted by Crippen LogP contribution is 2.09. The van der Waals surface area contributed by atoms with Crippen molar-refractivity contribution >= 4 is 5.91 Å². The van der Waals surface area contributed by atoms with Gasteiger partial charge in [0.25, 0.3) is 0 Å². The minimum atomic E-state index is -0.298. The Morgan fingerprint density at radius 3 is 2.81 bits per heavy atom. The Morgan fingerprint density at radius 2 is 2.19 bits per heavy atom. The van der Waals surface area contributed by atoms with Crippen LogP contribution in [0.5, 0.6) is 0 Å². The number of amides is 1. The van der Waals surface area contributed by atoms with E-state index in [2.05, 4.69) is 11.9 Å². The summed E-state index contributed by atoms with van der Waals surface area (Å²) in [5.41, 5.74) is 1.98. The predicted octanol–water partition coefficient (Wildman–Crippen LogP) is 2.72. The lowest BCUT2D eigenvalue weighted by atomic mass is 10.1. The van der Waals surface area contributed by atoms with Crippen molar-refractivity contribution in [1.82, 2.24) is 5.32 Å². The number of benzene rings is 1. The van der Waals surface area contributed by atoms with Gasteiger partial charge in [0.05, 0.1) is 0 Å². The van der Waals surface area contributed by atoms with Crippen LogP contribution in [0.3, 0.4) is 0 Å². The van der Waals surface area contributed by atoms with Gasteiger partial charge in [0.1, 0.15) is 5.82 Å². The van der Waals surface area contributed by atoms with Crippen molar-refractivity contribution in [3.05, 3.63) is 47.3 Å². The average molecular weight is 221 g/mol. The van der Waals surface area contributed by atoms with Gasteiger partial charge in [0.2, 0.25) is 5.91 Å². The van der Waals surface area contributed by atoms with Crippen molar-refractivity contribution in [3.8, 4) is 0 Å². The number of hydrogen-bond acceptors (Lipinski definition) is 1. The van der Waals surface area contributed by atoms with Crippen LogP contribution in [0.2, 0.25) is 0 Å². The maximum absolute atomic E-state index is 13.3. The third kappa shape index (κ3) is 3.19. The zero-order valence-electron chi connectivity index (χ0n) is 9.64. The molecule has 1 aromatic carbocycles. The molecule has 0 bridgehead atoms.